The molecule has 0 aliphatic carbocycles. The van der Waals surface area contributed by atoms with Crippen LogP contribution in [-0.4, -0.2) is 40.9 Å². The first-order valence-corrected chi connectivity index (χ1v) is 11.1. The molecule has 2 aromatic carbocycles. The second kappa shape index (κ2) is 8.95. The molecule has 3 aromatic rings. The molecule has 3 atom stereocenters. The summed E-state index contributed by atoms with van der Waals surface area (Å²) >= 11 is 0. The van der Waals surface area contributed by atoms with Gasteiger partial charge in [0.2, 0.25) is 5.91 Å². The van der Waals surface area contributed by atoms with E-state index in [9.17, 15) is 14.7 Å². The van der Waals surface area contributed by atoms with Crippen LogP contribution in [0.1, 0.15) is 40.0 Å². The molecule has 184 valence electrons. The monoisotopic (exact) mass is 479 g/mol. The lowest BCUT2D eigenvalue weighted by atomic mass is 9.82. The number of benzene rings is 2. The summed E-state index contributed by atoms with van der Waals surface area (Å²) in [6.45, 7) is 5.35. The van der Waals surface area contributed by atoms with Crippen LogP contribution < -0.4 is 25.8 Å². The van der Waals surface area contributed by atoms with Gasteiger partial charge in [-0.2, -0.15) is 5.10 Å². The van der Waals surface area contributed by atoms with Gasteiger partial charge in [-0.3, -0.25) is 9.59 Å². The van der Waals surface area contributed by atoms with E-state index in [0.29, 0.717) is 22.7 Å². The number of nitrogens with one attached hydrogen (secondary N) is 2. The van der Waals surface area contributed by atoms with Crippen molar-refractivity contribution in [1.82, 2.24) is 9.78 Å². The molecule has 10 nitrogen and oxygen atoms in total. The summed E-state index contributed by atoms with van der Waals surface area (Å²) in [5.41, 5.74) is 7.04. The fraction of sp³-hybridized carbons (Fsp3) is 0.320. The van der Waals surface area contributed by atoms with E-state index < -0.39 is 29.5 Å². The topological polar surface area (TPSA) is 141 Å². The Morgan fingerprint density at radius 2 is 1.86 bits per heavy atom. The molecule has 4 rings (SSSR count). The average molecular weight is 480 g/mol. The molecule has 0 bridgehead atoms. The number of aromatic nitrogens is 2. The SMILES string of the molecule is COc1ccc(C2Nc3c(C(N)=O)cnn3C(C)(O)C2C(=O)Nc2ccc(C)cc2C)cc1OC. The van der Waals surface area contributed by atoms with Crippen LogP contribution in [0.3, 0.4) is 0 Å². The molecule has 0 radical (unpaired) electrons. The summed E-state index contributed by atoms with van der Waals surface area (Å²) in [7, 11) is 3.04. The smallest absolute Gasteiger partial charge is 0.254 e. The minimum atomic E-state index is -1.81. The molecule has 0 saturated heterocycles. The minimum Gasteiger partial charge on any atom is -0.493 e. The van der Waals surface area contributed by atoms with E-state index in [1.54, 1.807) is 18.2 Å². The largest absolute Gasteiger partial charge is 0.493 e. The van der Waals surface area contributed by atoms with Gasteiger partial charge in [0.15, 0.2) is 17.2 Å². The Kier molecular flexibility index (Phi) is 6.16. The maximum Gasteiger partial charge on any atom is 0.254 e. The van der Waals surface area contributed by atoms with Gasteiger partial charge in [0.05, 0.1) is 26.5 Å². The number of aliphatic hydroxyl groups is 1. The van der Waals surface area contributed by atoms with Crippen molar-refractivity contribution >= 4 is 23.3 Å². The lowest BCUT2D eigenvalue weighted by Gasteiger charge is -2.43. The molecule has 5 N–H and O–H groups in total. The predicted octanol–water partition coefficient (Wildman–Crippen LogP) is 2.70. The quantitative estimate of drug-likeness (QED) is 0.426. The van der Waals surface area contributed by atoms with E-state index in [4.69, 9.17) is 15.2 Å². The third-order valence-corrected chi connectivity index (χ3v) is 6.37. The number of fused-ring (bicyclic) bond motifs is 1. The number of amides is 2. The summed E-state index contributed by atoms with van der Waals surface area (Å²) in [6.07, 6.45) is 1.27. The molecule has 0 spiro atoms. The van der Waals surface area contributed by atoms with Crippen LogP contribution in [0.5, 0.6) is 11.5 Å². The Bertz CT molecular complexity index is 1300. The number of hydrogen-bond donors (Lipinski definition) is 4. The van der Waals surface area contributed by atoms with Crippen LogP contribution in [0.2, 0.25) is 0 Å². The van der Waals surface area contributed by atoms with Gasteiger partial charge in [-0.15, -0.1) is 0 Å². The molecule has 35 heavy (non-hydrogen) atoms. The van der Waals surface area contributed by atoms with Gasteiger partial charge in [-0.05, 0) is 50.1 Å². The second-order valence-electron chi connectivity index (χ2n) is 8.80. The Balaban J connectivity index is 1.84. The zero-order valence-electron chi connectivity index (χ0n) is 20.2. The summed E-state index contributed by atoms with van der Waals surface area (Å²) in [6, 6.07) is 10.1. The van der Waals surface area contributed by atoms with Crippen LogP contribution >= 0.6 is 0 Å². The zero-order valence-corrected chi connectivity index (χ0v) is 20.2. The van der Waals surface area contributed by atoms with E-state index in [1.807, 2.05) is 32.0 Å². The summed E-state index contributed by atoms with van der Waals surface area (Å²) < 4.78 is 12.0. The first kappa shape index (κ1) is 24.1. The van der Waals surface area contributed by atoms with E-state index in [-0.39, 0.29) is 11.4 Å². The number of rotatable bonds is 6. The fourth-order valence-corrected chi connectivity index (χ4v) is 4.58. The number of nitrogens with zero attached hydrogens (tertiary/aromatic N) is 2. The summed E-state index contributed by atoms with van der Waals surface area (Å²) in [4.78, 5) is 25.8. The van der Waals surface area contributed by atoms with Crippen LogP contribution in [-0.2, 0) is 10.5 Å². The van der Waals surface area contributed by atoms with E-state index in [1.165, 1.54) is 32.0 Å². The molecule has 2 amide bonds. The van der Waals surface area contributed by atoms with Crippen LogP contribution in [0.4, 0.5) is 11.5 Å². The highest BCUT2D eigenvalue weighted by atomic mass is 16.5. The van der Waals surface area contributed by atoms with Crippen LogP contribution in [0.15, 0.2) is 42.6 Å². The lowest BCUT2D eigenvalue weighted by Crippen LogP contribution is -2.53. The van der Waals surface area contributed by atoms with Crippen molar-refractivity contribution in [1.29, 1.82) is 0 Å². The second-order valence-corrected chi connectivity index (χ2v) is 8.80. The van der Waals surface area contributed by atoms with Crippen molar-refractivity contribution in [3.63, 3.8) is 0 Å². The number of anilines is 2. The number of primary amides is 1. The van der Waals surface area contributed by atoms with E-state index in [0.717, 1.165) is 11.1 Å². The normalized spacial score (nSPS) is 21.0. The average Bonchev–Trinajstić information content (AvgIpc) is 3.25. The molecule has 0 fully saturated rings. The Morgan fingerprint density at radius 3 is 2.49 bits per heavy atom. The van der Waals surface area contributed by atoms with Gasteiger partial charge in [-0.25, -0.2) is 4.68 Å². The van der Waals surface area contributed by atoms with E-state index in [2.05, 4.69) is 15.7 Å². The highest BCUT2D eigenvalue weighted by molar-refractivity contribution is 5.99. The number of ether oxygens (including phenoxy) is 2. The maximum atomic E-state index is 13.7. The number of aryl methyl sites for hydroxylation is 2. The molecule has 1 aliphatic heterocycles. The zero-order chi connectivity index (χ0) is 25.5. The van der Waals surface area contributed by atoms with Crippen LogP contribution in [0, 0.1) is 19.8 Å². The van der Waals surface area contributed by atoms with Crippen LogP contribution in [0.25, 0.3) is 0 Å². The van der Waals surface area contributed by atoms with Gasteiger partial charge in [0, 0.05) is 5.69 Å². The first-order valence-electron chi connectivity index (χ1n) is 11.1. The van der Waals surface area contributed by atoms with E-state index >= 15 is 0 Å². The molecular weight excluding hydrogens is 450 g/mol. The minimum absolute atomic E-state index is 0.101. The highest BCUT2D eigenvalue weighted by Gasteiger charge is 2.51. The van der Waals surface area contributed by atoms with Gasteiger partial charge in [-0.1, -0.05) is 23.8 Å². The summed E-state index contributed by atoms with van der Waals surface area (Å²) in [5, 5.41) is 22.0. The third kappa shape index (κ3) is 4.17. The summed E-state index contributed by atoms with van der Waals surface area (Å²) in [5.74, 6) is -1.02. The van der Waals surface area contributed by atoms with Crippen molar-refractivity contribution < 1.29 is 24.2 Å². The molecule has 2 heterocycles. The Labute approximate surface area is 203 Å². The van der Waals surface area contributed by atoms with Gasteiger partial charge < -0.3 is 30.9 Å². The maximum absolute atomic E-state index is 13.7. The van der Waals surface area contributed by atoms with Gasteiger partial charge >= 0.3 is 0 Å². The first-order chi connectivity index (χ1) is 16.6. The molecule has 1 aliphatic rings. The number of nitrogens with two attached hydrogens (primary N) is 1. The van der Waals surface area contributed by atoms with Crippen molar-refractivity contribution in [3.8, 4) is 11.5 Å². The number of carbonyl (C=O) groups excluding carboxylic acids is 2. The molecular formula is C25H29N5O5. The van der Waals surface area contributed by atoms with Gasteiger partial charge in [0.25, 0.3) is 5.91 Å². The van der Waals surface area contributed by atoms with Gasteiger partial charge in [0.1, 0.15) is 17.3 Å². The number of carbonyl (C=O) groups is 2. The lowest BCUT2D eigenvalue weighted by molar-refractivity contribution is -0.143. The highest BCUT2D eigenvalue weighted by Crippen LogP contribution is 2.45. The molecule has 1 aromatic heterocycles. The van der Waals surface area contributed by atoms with Crippen molar-refractivity contribution in [2.45, 2.75) is 32.5 Å². The molecule has 3 unspecified atom stereocenters. The molecule has 10 heteroatoms. The molecule has 0 saturated carbocycles. The Morgan fingerprint density at radius 1 is 1.14 bits per heavy atom. The van der Waals surface area contributed by atoms with Crippen molar-refractivity contribution in [3.05, 3.63) is 64.8 Å². The van der Waals surface area contributed by atoms with Crippen molar-refractivity contribution in [2.24, 2.45) is 11.7 Å². The fourth-order valence-electron chi connectivity index (χ4n) is 4.58. The number of hydrogen-bond acceptors (Lipinski definition) is 7. The number of methoxy groups -OCH3 is 2. The third-order valence-electron chi connectivity index (χ3n) is 6.37. The standard InChI is InChI=1S/C25H29N5O5/c1-13-6-8-17(14(2)10-13)28-24(32)20-21(15-7-9-18(34-4)19(11-15)35-5)29-23-16(22(26)31)12-27-30(23)25(20,3)33/h6-12,20-21,29,33H,1-5H3,(H2,26,31)(H,28,32). The Hall–Kier alpha value is -4.05. The predicted molar refractivity (Wildman–Crippen MR) is 131 cm³/mol. The van der Waals surface area contributed by atoms with Crippen molar-refractivity contribution in [2.75, 3.05) is 24.9 Å².